The van der Waals surface area contributed by atoms with Gasteiger partial charge in [0.2, 0.25) is 0 Å². The minimum atomic E-state index is 0. The van der Waals surface area contributed by atoms with E-state index in [1.807, 2.05) is 23.9 Å². The number of nitrogens with zero attached hydrogens (tertiary/aromatic N) is 1. The second-order valence-electron chi connectivity index (χ2n) is 6.25. The van der Waals surface area contributed by atoms with Gasteiger partial charge in [0.15, 0.2) is 5.96 Å². The number of aliphatic imine (C=N–C) groups is 1. The molecule has 0 amide bonds. The predicted molar refractivity (Wildman–Crippen MR) is 115 cm³/mol. The molecule has 0 aliphatic heterocycles. The lowest BCUT2D eigenvalue weighted by atomic mass is 9.90. The summed E-state index contributed by atoms with van der Waals surface area (Å²) in [5.74, 6) is 2.92. The quantitative estimate of drug-likeness (QED) is 0.225. The minimum absolute atomic E-state index is 0. The van der Waals surface area contributed by atoms with Crippen molar-refractivity contribution >= 4 is 41.7 Å². The van der Waals surface area contributed by atoms with Crippen molar-refractivity contribution in [1.29, 1.82) is 0 Å². The molecular formula is C17H32IN3O2S. The van der Waals surface area contributed by atoms with Crippen LogP contribution in [0.4, 0.5) is 0 Å². The molecule has 1 aromatic heterocycles. The number of halogens is 1. The second kappa shape index (κ2) is 13.8. The van der Waals surface area contributed by atoms with Crippen LogP contribution in [0, 0.1) is 5.41 Å². The normalized spacial score (nSPS) is 11.9. The first kappa shape index (κ1) is 23.6. The molecule has 0 spiro atoms. The monoisotopic (exact) mass is 469 g/mol. The van der Waals surface area contributed by atoms with Crippen molar-refractivity contribution in [3.63, 3.8) is 0 Å². The number of guanidine groups is 1. The summed E-state index contributed by atoms with van der Waals surface area (Å²) in [5.41, 5.74) is 0.130. The Bertz CT molecular complexity index is 439. The summed E-state index contributed by atoms with van der Waals surface area (Å²) in [7, 11) is 1.74. The predicted octanol–water partition coefficient (Wildman–Crippen LogP) is 3.40. The van der Waals surface area contributed by atoms with Gasteiger partial charge in [-0.15, -0.1) is 24.0 Å². The Labute approximate surface area is 167 Å². The summed E-state index contributed by atoms with van der Waals surface area (Å²) in [6.07, 6.45) is 5.66. The summed E-state index contributed by atoms with van der Waals surface area (Å²) in [4.78, 5) is 4.74. The molecule has 0 aliphatic carbocycles. The van der Waals surface area contributed by atoms with Gasteiger partial charge in [-0.05, 0) is 30.2 Å². The fraction of sp³-hybridized carbons (Fsp3) is 0.706. The number of rotatable bonds is 11. The molecule has 0 atom stereocenters. The minimum Gasteiger partial charge on any atom is -0.469 e. The van der Waals surface area contributed by atoms with Crippen molar-refractivity contribution in [3.05, 3.63) is 24.2 Å². The van der Waals surface area contributed by atoms with Crippen LogP contribution in [0.3, 0.4) is 0 Å². The number of hydrogen-bond donors (Lipinski definition) is 2. The van der Waals surface area contributed by atoms with Gasteiger partial charge in [0, 0.05) is 45.5 Å². The summed E-state index contributed by atoms with van der Waals surface area (Å²) in [6.45, 7) is 7.69. The molecular weight excluding hydrogens is 437 g/mol. The van der Waals surface area contributed by atoms with E-state index in [1.54, 1.807) is 13.4 Å². The average molecular weight is 469 g/mol. The van der Waals surface area contributed by atoms with Gasteiger partial charge in [-0.1, -0.05) is 13.8 Å². The van der Waals surface area contributed by atoms with E-state index in [-0.39, 0.29) is 29.4 Å². The van der Waals surface area contributed by atoms with Gasteiger partial charge in [-0.2, -0.15) is 11.8 Å². The molecule has 2 N–H and O–H groups in total. The molecule has 5 nitrogen and oxygen atoms in total. The van der Waals surface area contributed by atoms with E-state index in [4.69, 9.17) is 14.1 Å². The molecule has 1 heterocycles. The van der Waals surface area contributed by atoms with Crippen LogP contribution in [0.2, 0.25) is 0 Å². The molecule has 1 aromatic rings. The van der Waals surface area contributed by atoms with E-state index < -0.39 is 0 Å². The van der Waals surface area contributed by atoms with Gasteiger partial charge in [-0.25, -0.2) is 0 Å². The van der Waals surface area contributed by atoms with Gasteiger partial charge in [0.05, 0.1) is 6.26 Å². The average Bonchev–Trinajstić information content (AvgIpc) is 3.04. The highest BCUT2D eigenvalue weighted by Gasteiger charge is 2.17. The van der Waals surface area contributed by atoms with Crippen LogP contribution < -0.4 is 10.6 Å². The van der Waals surface area contributed by atoms with Gasteiger partial charge < -0.3 is 19.8 Å². The largest absolute Gasteiger partial charge is 0.469 e. The lowest BCUT2D eigenvalue weighted by Crippen LogP contribution is -2.40. The van der Waals surface area contributed by atoms with Crippen LogP contribution in [-0.2, 0) is 11.2 Å². The fourth-order valence-corrected chi connectivity index (χ4v) is 2.26. The zero-order chi connectivity index (χ0) is 17.0. The van der Waals surface area contributed by atoms with Crippen molar-refractivity contribution in [2.24, 2.45) is 10.4 Å². The summed E-state index contributed by atoms with van der Waals surface area (Å²) < 4.78 is 10.5. The van der Waals surface area contributed by atoms with E-state index in [0.717, 1.165) is 56.6 Å². The number of hydrogen-bond acceptors (Lipinski definition) is 4. The molecule has 0 aromatic carbocycles. The molecule has 1 rings (SSSR count). The molecule has 140 valence electrons. The van der Waals surface area contributed by atoms with Crippen molar-refractivity contribution in [1.82, 2.24) is 10.6 Å². The molecule has 0 radical (unpaired) electrons. The van der Waals surface area contributed by atoms with Crippen LogP contribution in [0.5, 0.6) is 0 Å². The Morgan fingerprint density at radius 3 is 2.71 bits per heavy atom. The standard InChI is InChI=1S/C17H31N3O2S.HI/c1-17(2,8-12-21-3)14-20-16(19-10-13-23-4)18-9-7-15-6-5-11-22-15;/h5-6,11H,7-10,12-14H2,1-4H3,(H2,18,19,20);1H. The van der Waals surface area contributed by atoms with Crippen LogP contribution in [0.15, 0.2) is 27.8 Å². The topological polar surface area (TPSA) is 58.8 Å². The van der Waals surface area contributed by atoms with Gasteiger partial charge in [0.25, 0.3) is 0 Å². The highest BCUT2D eigenvalue weighted by atomic mass is 127. The van der Waals surface area contributed by atoms with Crippen molar-refractivity contribution in [3.8, 4) is 0 Å². The summed E-state index contributed by atoms with van der Waals surface area (Å²) >= 11 is 1.82. The zero-order valence-corrected chi connectivity index (χ0v) is 18.4. The van der Waals surface area contributed by atoms with E-state index in [0.29, 0.717) is 0 Å². The number of nitrogens with one attached hydrogen (secondary N) is 2. The van der Waals surface area contributed by atoms with Gasteiger partial charge >= 0.3 is 0 Å². The van der Waals surface area contributed by atoms with Crippen molar-refractivity contribution in [2.75, 3.05) is 45.4 Å². The number of methoxy groups -OCH3 is 1. The first-order valence-corrected chi connectivity index (χ1v) is 9.49. The Morgan fingerprint density at radius 2 is 2.08 bits per heavy atom. The molecule has 0 fully saturated rings. The molecule has 7 heteroatoms. The van der Waals surface area contributed by atoms with Gasteiger partial charge in [-0.3, -0.25) is 4.99 Å². The maximum absolute atomic E-state index is 5.35. The van der Waals surface area contributed by atoms with Crippen LogP contribution in [0.25, 0.3) is 0 Å². The third kappa shape index (κ3) is 11.2. The molecule has 0 saturated heterocycles. The van der Waals surface area contributed by atoms with E-state index in [9.17, 15) is 0 Å². The third-order valence-electron chi connectivity index (χ3n) is 3.49. The number of furan rings is 1. The molecule has 0 unspecified atom stereocenters. The maximum Gasteiger partial charge on any atom is 0.191 e. The highest BCUT2D eigenvalue weighted by molar-refractivity contribution is 14.0. The second-order valence-corrected chi connectivity index (χ2v) is 7.23. The first-order valence-electron chi connectivity index (χ1n) is 8.10. The third-order valence-corrected chi connectivity index (χ3v) is 4.10. The van der Waals surface area contributed by atoms with Crippen LogP contribution in [-0.4, -0.2) is 51.3 Å². The lowest BCUT2D eigenvalue weighted by Gasteiger charge is -2.22. The van der Waals surface area contributed by atoms with Crippen LogP contribution in [0.1, 0.15) is 26.0 Å². The van der Waals surface area contributed by atoms with Crippen molar-refractivity contribution in [2.45, 2.75) is 26.7 Å². The Balaban J connectivity index is 0.00000529. The fourth-order valence-electron chi connectivity index (χ4n) is 1.96. The Kier molecular flexibility index (Phi) is 13.6. The smallest absolute Gasteiger partial charge is 0.191 e. The molecule has 24 heavy (non-hydrogen) atoms. The van der Waals surface area contributed by atoms with E-state index >= 15 is 0 Å². The van der Waals surface area contributed by atoms with E-state index in [2.05, 4.69) is 30.7 Å². The lowest BCUT2D eigenvalue weighted by molar-refractivity contribution is 0.155. The Morgan fingerprint density at radius 1 is 1.33 bits per heavy atom. The van der Waals surface area contributed by atoms with E-state index in [1.165, 1.54) is 0 Å². The Hall–Kier alpha value is -0.410. The van der Waals surface area contributed by atoms with Crippen LogP contribution >= 0.6 is 35.7 Å². The molecule has 0 bridgehead atoms. The van der Waals surface area contributed by atoms with Gasteiger partial charge in [0.1, 0.15) is 5.76 Å². The molecule has 0 saturated carbocycles. The number of thioether (sulfide) groups is 1. The first-order chi connectivity index (χ1) is 11.1. The summed E-state index contributed by atoms with van der Waals surface area (Å²) in [5, 5.41) is 6.77. The summed E-state index contributed by atoms with van der Waals surface area (Å²) in [6, 6.07) is 3.91. The van der Waals surface area contributed by atoms with Crippen molar-refractivity contribution < 1.29 is 9.15 Å². The number of ether oxygens (including phenoxy) is 1. The SMILES string of the molecule is COCCC(C)(C)CN=C(NCCSC)NCCc1ccco1.I. The highest BCUT2D eigenvalue weighted by Crippen LogP contribution is 2.20. The maximum atomic E-state index is 5.35. The zero-order valence-electron chi connectivity index (χ0n) is 15.3. The molecule has 0 aliphatic rings.